The van der Waals surface area contributed by atoms with Crippen molar-refractivity contribution in [2.24, 2.45) is 5.41 Å². The van der Waals surface area contributed by atoms with Crippen molar-refractivity contribution in [2.75, 3.05) is 31.1 Å². The zero-order valence-corrected chi connectivity index (χ0v) is 11.7. The van der Waals surface area contributed by atoms with Gasteiger partial charge < -0.3 is 10.2 Å². The molecule has 4 heteroatoms. The molecule has 0 aliphatic carbocycles. The van der Waals surface area contributed by atoms with Gasteiger partial charge in [0.1, 0.15) is 5.82 Å². The monoisotopic (exact) mass is 273 g/mol. The van der Waals surface area contributed by atoms with Crippen LogP contribution < -0.4 is 10.2 Å². The molecule has 0 bridgehead atoms. The largest absolute Gasteiger partial charge is 0.371 e. The topological polar surface area (TPSA) is 39.1 Å². The first-order valence-electron chi connectivity index (χ1n) is 7.37. The number of hydrogen-bond donors (Lipinski definition) is 1. The molecule has 20 heavy (non-hydrogen) atoms. The van der Waals surface area contributed by atoms with Crippen molar-refractivity contribution in [3.63, 3.8) is 0 Å². The Kier molecular flexibility index (Phi) is 3.62. The molecule has 106 valence electrons. The standard InChI is InChI=1S/C16H20FN3/c17-14-7-13(10-18)8-15(9-14)20-6-2-4-16(12-20)3-1-5-19-11-16/h7-9,19H,1-6,11-12H2. The number of nitriles is 1. The molecule has 2 aliphatic rings. The third kappa shape index (κ3) is 2.64. The molecule has 1 unspecified atom stereocenters. The Balaban J connectivity index is 1.83. The molecule has 3 rings (SSSR count). The molecule has 2 fully saturated rings. The minimum Gasteiger partial charge on any atom is -0.371 e. The van der Waals surface area contributed by atoms with E-state index in [-0.39, 0.29) is 5.82 Å². The molecule has 1 aromatic rings. The molecule has 1 N–H and O–H groups in total. The van der Waals surface area contributed by atoms with Gasteiger partial charge in [-0.05, 0) is 50.4 Å². The second-order valence-electron chi connectivity index (χ2n) is 6.12. The van der Waals surface area contributed by atoms with Gasteiger partial charge in [-0.25, -0.2) is 4.39 Å². The van der Waals surface area contributed by atoms with E-state index in [2.05, 4.69) is 10.2 Å². The maximum Gasteiger partial charge on any atom is 0.126 e. The van der Waals surface area contributed by atoms with E-state index in [1.54, 1.807) is 12.1 Å². The van der Waals surface area contributed by atoms with Gasteiger partial charge in [-0.1, -0.05) is 0 Å². The summed E-state index contributed by atoms with van der Waals surface area (Å²) >= 11 is 0. The molecule has 0 aromatic heterocycles. The van der Waals surface area contributed by atoms with Crippen molar-refractivity contribution in [2.45, 2.75) is 25.7 Å². The van der Waals surface area contributed by atoms with E-state index in [0.29, 0.717) is 11.0 Å². The van der Waals surface area contributed by atoms with E-state index in [1.807, 2.05) is 6.07 Å². The summed E-state index contributed by atoms with van der Waals surface area (Å²) in [6, 6.07) is 6.69. The first kappa shape index (κ1) is 13.4. The van der Waals surface area contributed by atoms with Gasteiger partial charge in [0.15, 0.2) is 0 Å². The summed E-state index contributed by atoms with van der Waals surface area (Å²) in [6.45, 7) is 4.09. The fraction of sp³-hybridized carbons (Fsp3) is 0.562. The average molecular weight is 273 g/mol. The predicted octanol–water partition coefficient (Wildman–Crippen LogP) is 2.67. The molecule has 0 radical (unpaired) electrons. The van der Waals surface area contributed by atoms with Crippen LogP contribution in [0.4, 0.5) is 10.1 Å². The zero-order chi connectivity index (χ0) is 14.0. The Morgan fingerprint density at radius 1 is 1.25 bits per heavy atom. The Bertz CT molecular complexity index is 524. The Morgan fingerprint density at radius 3 is 2.85 bits per heavy atom. The summed E-state index contributed by atoms with van der Waals surface area (Å²) < 4.78 is 13.6. The van der Waals surface area contributed by atoms with Crippen LogP contribution in [0.1, 0.15) is 31.2 Å². The molecule has 3 nitrogen and oxygen atoms in total. The second-order valence-corrected chi connectivity index (χ2v) is 6.12. The van der Waals surface area contributed by atoms with Crippen molar-refractivity contribution in [1.82, 2.24) is 5.32 Å². The predicted molar refractivity (Wildman–Crippen MR) is 77.1 cm³/mol. The summed E-state index contributed by atoms with van der Waals surface area (Å²) in [4.78, 5) is 2.25. The molecule has 1 aromatic carbocycles. The number of nitrogens with one attached hydrogen (secondary N) is 1. The normalized spacial score (nSPS) is 26.5. The molecule has 1 spiro atoms. The minimum absolute atomic E-state index is 0.319. The van der Waals surface area contributed by atoms with Crippen LogP contribution in [-0.2, 0) is 0 Å². The Hall–Kier alpha value is -1.60. The van der Waals surface area contributed by atoms with Crippen LogP contribution in [0.15, 0.2) is 18.2 Å². The average Bonchev–Trinajstić information content (AvgIpc) is 2.47. The molecule has 0 amide bonds. The van der Waals surface area contributed by atoms with Gasteiger partial charge in [0, 0.05) is 30.7 Å². The van der Waals surface area contributed by atoms with Gasteiger partial charge in [0.05, 0.1) is 11.6 Å². The van der Waals surface area contributed by atoms with Crippen LogP contribution in [0.3, 0.4) is 0 Å². The lowest BCUT2D eigenvalue weighted by Crippen LogP contribution is -2.51. The first-order chi connectivity index (χ1) is 9.71. The van der Waals surface area contributed by atoms with Crippen molar-refractivity contribution in [3.8, 4) is 6.07 Å². The fourth-order valence-corrected chi connectivity index (χ4v) is 3.63. The summed E-state index contributed by atoms with van der Waals surface area (Å²) in [5, 5.41) is 12.5. The van der Waals surface area contributed by atoms with Crippen LogP contribution in [0, 0.1) is 22.6 Å². The lowest BCUT2D eigenvalue weighted by Gasteiger charge is -2.46. The highest BCUT2D eigenvalue weighted by molar-refractivity contribution is 5.52. The highest BCUT2D eigenvalue weighted by Gasteiger charge is 2.36. The lowest BCUT2D eigenvalue weighted by molar-refractivity contribution is 0.173. The van der Waals surface area contributed by atoms with E-state index < -0.39 is 0 Å². The maximum absolute atomic E-state index is 13.6. The molecule has 2 saturated heterocycles. The number of hydrogen-bond acceptors (Lipinski definition) is 3. The maximum atomic E-state index is 13.6. The van der Waals surface area contributed by atoms with E-state index in [1.165, 1.54) is 25.3 Å². The van der Waals surface area contributed by atoms with Crippen LogP contribution in [0.5, 0.6) is 0 Å². The number of halogens is 1. The summed E-state index contributed by atoms with van der Waals surface area (Å²) in [6.07, 6.45) is 4.86. The minimum atomic E-state index is -0.319. The SMILES string of the molecule is N#Cc1cc(F)cc(N2CCCC3(CCCNC3)C2)c1. The summed E-state index contributed by atoms with van der Waals surface area (Å²) in [7, 11) is 0. The van der Waals surface area contributed by atoms with E-state index in [4.69, 9.17) is 5.26 Å². The molecule has 2 heterocycles. The van der Waals surface area contributed by atoms with Gasteiger partial charge in [-0.2, -0.15) is 5.26 Å². The van der Waals surface area contributed by atoms with Crippen molar-refractivity contribution in [1.29, 1.82) is 5.26 Å². The summed E-state index contributed by atoms with van der Waals surface area (Å²) in [5.41, 5.74) is 1.59. The van der Waals surface area contributed by atoms with Crippen LogP contribution in [-0.4, -0.2) is 26.2 Å². The van der Waals surface area contributed by atoms with Gasteiger partial charge in [0.25, 0.3) is 0 Å². The summed E-state index contributed by atoms with van der Waals surface area (Å²) in [5.74, 6) is -0.319. The van der Waals surface area contributed by atoms with Crippen LogP contribution >= 0.6 is 0 Å². The second kappa shape index (κ2) is 5.41. The van der Waals surface area contributed by atoms with E-state index in [9.17, 15) is 4.39 Å². The number of benzene rings is 1. The number of nitrogens with zero attached hydrogens (tertiary/aromatic N) is 2. The third-order valence-corrected chi connectivity index (χ3v) is 4.60. The van der Waals surface area contributed by atoms with E-state index >= 15 is 0 Å². The zero-order valence-electron chi connectivity index (χ0n) is 11.7. The van der Waals surface area contributed by atoms with Gasteiger partial charge in [-0.15, -0.1) is 0 Å². The van der Waals surface area contributed by atoms with Gasteiger partial charge in [0.2, 0.25) is 0 Å². The number of rotatable bonds is 1. The fourth-order valence-electron chi connectivity index (χ4n) is 3.63. The highest BCUT2D eigenvalue weighted by atomic mass is 19.1. The molecular formula is C16H20FN3. The van der Waals surface area contributed by atoms with Crippen LogP contribution in [0.25, 0.3) is 0 Å². The van der Waals surface area contributed by atoms with Crippen molar-refractivity contribution < 1.29 is 4.39 Å². The van der Waals surface area contributed by atoms with Crippen LogP contribution in [0.2, 0.25) is 0 Å². The molecule has 0 saturated carbocycles. The third-order valence-electron chi connectivity index (χ3n) is 4.60. The number of piperidine rings is 2. The molecule has 1 atom stereocenters. The van der Waals surface area contributed by atoms with Crippen molar-refractivity contribution in [3.05, 3.63) is 29.6 Å². The lowest BCUT2D eigenvalue weighted by atomic mass is 9.74. The molecular weight excluding hydrogens is 253 g/mol. The quantitative estimate of drug-likeness (QED) is 0.855. The molecule has 2 aliphatic heterocycles. The first-order valence-corrected chi connectivity index (χ1v) is 7.37. The number of anilines is 1. The smallest absolute Gasteiger partial charge is 0.126 e. The van der Waals surface area contributed by atoms with Gasteiger partial charge >= 0.3 is 0 Å². The van der Waals surface area contributed by atoms with Crippen molar-refractivity contribution >= 4 is 5.69 Å². The van der Waals surface area contributed by atoms with Gasteiger partial charge in [-0.3, -0.25) is 0 Å². The highest BCUT2D eigenvalue weighted by Crippen LogP contribution is 2.37. The Morgan fingerprint density at radius 2 is 2.10 bits per heavy atom. The Labute approximate surface area is 119 Å². The van der Waals surface area contributed by atoms with E-state index in [0.717, 1.165) is 38.3 Å².